The quantitative estimate of drug-likeness (QED) is 0.393. The molecule has 4 heteroatoms. The minimum atomic E-state index is 1.01. The molecular weight excluding hydrogens is 440 g/mol. The van der Waals surface area contributed by atoms with Crippen molar-refractivity contribution < 1.29 is 0 Å². The normalized spacial score (nSPS) is 13.8. The van der Waals surface area contributed by atoms with Gasteiger partial charge < -0.3 is 9.97 Å². The van der Waals surface area contributed by atoms with Crippen molar-refractivity contribution in [3.63, 3.8) is 0 Å². The average Bonchev–Trinajstić information content (AvgIpc) is 3.48. The molecular formula is C32H38N4. The van der Waals surface area contributed by atoms with Crippen molar-refractivity contribution >= 4 is 44.4 Å². The predicted molar refractivity (Wildman–Crippen MR) is 155 cm³/mol. The van der Waals surface area contributed by atoms with E-state index in [9.17, 15) is 0 Å². The van der Waals surface area contributed by atoms with E-state index >= 15 is 0 Å². The van der Waals surface area contributed by atoms with Crippen molar-refractivity contribution in [2.45, 2.75) is 81.1 Å². The van der Waals surface area contributed by atoms with E-state index in [0.717, 1.165) is 59.5 Å². The van der Waals surface area contributed by atoms with Gasteiger partial charge >= 0.3 is 0 Å². The highest BCUT2D eigenvalue weighted by Gasteiger charge is 2.19. The van der Waals surface area contributed by atoms with Crippen LogP contribution in [-0.4, -0.2) is 19.9 Å². The number of hydrogen-bond acceptors (Lipinski definition) is 2. The van der Waals surface area contributed by atoms with Crippen molar-refractivity contribution in [3.05, 3.63) is 69.3 Å². The first-order valence-corrected chi connectivity index (χ1v) is 13.3. The van der Waals surface area contributed by atoms with E-state index in [4.69, 9.17) is 9.97 Å². The number of hydrogen-bond donors (Lipinski definition) is 2. The van der Waals surface area contributed by atoms with E-state index in [1.807, 2.05) is 0 Å². The van der Waals surface area contributed by atoms with E-state index in [-0.39, 0.29) is 0 Å². The summed E-state index contributed by atoms with van der Waals surface area (Å²) in [6, 6.07) is 8.94. The SMILES string of the molecule is CCCC1=C(C)c2cc3nc(cc4[nH]c(cc5[nH]c(cc1n2)c(CCC)c5C)c(C)c4C)C(C)=C3C. The van der Waals surface area contributed by atoms with Crippen molar-refractivity contribution in [3.8, 4) is 0 Å². The molecule has 0 amide bonds. The van der Waals surface area contributed by atoms with Gasteiger partial charge in [0, 0.05) is 22.1 Å². The van der Waals surface area contributed by atoms with E-state index in [0.29, 0.717) is 0 Å². The predicted octanol–water partition coefficient (Wildman–Crippen LogP) is 8.87. The Labute approximate surface area is 214 Å². The summed E-state index contributed by atoms with van der Waals surface area (Å²) in [5.41, 5.74) is 19.1. The van der Waals surface area contributed by atoms with Crippen molar-refractivity contribution in [2.24, 2.45) is 0 Å². The average molecular weight is 479 g/mol. The summed E-state index contributed by atoms with van der Waals surface area (Å²) in [7, 11) is 0. The van der Waals surface area contributed by atoms with Gasteiger partial charge in [0.05, 0.1) is 22.8 Å². The van der Waals surface area contributed by atoms with Gasteiger partial charge in [-0.15, -0.1) is 0 Å². The van der Waals surface area contributed by atoms with Crippen LogP contribution in [0, 0.1) is 20.8 Å². The second-order valence-corrected chi connectivity index (χ2v) is 10.5. The highest BCUT2D eigenvalue weighted by molar-refractivity contribution is 5.95. The molecule has 186 valence electrons. The number of nitrogens with zero attached hydrogens (tertiary/aromatic N) is 2. The lowest BCUT2D eigenvalue weighted by atomic mass is 10.0. The fourth-order valence-electron chi connectivity index (χ4n) is 5.51. The zero-order valence-electron chi connectivity index (χ0n) is 23.0. The fourth-order valence-corrected chi connectivity index (χ4v) is 5.51. The third-order valence-electron chi connectivity index (χ3n) is 8.17. The molecule has 0 unspecified atom stereocenters. The van der Waals surface area contributed by atoms with Gasteiger partial charge in [0.15, 0.2) is 0 Å². The lowest BCUT2D eigenvalue weighted by Crippen LogP contribution is -1.86. The zero-order valence-corrected chi connectivity index (χ0v) is 23.0. The Morgan fingerprint density at radius 1 is 0.528 bits per heavy atom. The van der Waals surface area contributed by atoms with Crippen LogP contribution in [-0.2, 0) is 6.42 Å². The van der Waals surface area contributed by atoms with Crippen LogP contribution in [0.1, 0.15) is 98.9 Å². The maximum Gasteiger partial charge on any atom is 0.0693 e. The fraction of sp³-hybridized carbons (Fsp3) is 0.375. The number of aryl methyl sites for hydroxylation is 4. The first-order valence-electron chi connectivity index (χ1n) is 13.3. The maximum atomic E-state index is 5.17. The van der Waals surface area contributed by atoms with Crippen LogP contribution >= 0.6 is 0 Å². The molecule has 36 heavy (non-hydrogen) atoms. The molecule has 2 aliphatic rings. The number of nitrogens with one attached hydrogen (secondary N) is 2. The molecule has 5 heterocycles. The van der Waals surface area contributed by atoms with Gasteiger partial charge in [-0.3, -0.25) is 0 Å². The summed E-state index contributed by atoms with van der Waals surface area (Å²) < 4.78 is 0. The summed E-state index contributed by atoms with van der Waals surface area (Å²) in [6.07, 6.45) is 4.27. The van der Waals surface area contributed by atoms with Gasteiger partial charge in [-0.1, -0.05) is 26.7 Å². The summed E-state index contributed by atoms with van der Waals surface area (Å²) in [4.78, 5) is 17.7. The number of rotatable bonds is 4. The van der Waals surface area contributed by atoms with Crippen molar-refractivity contribution in [2.75, 3.05) is 0 Å². The number of aromatic amines is 2. The van der Waals surface area contributed by atoms with Crippen LogP contribution in [0.2, 0.25) is 0 Å². The Morgan fingerprint density at radius 2 is 1.03 bits per heavy atom. The van der Waals surface area contributed by atoms with Crippen molar-refractivity contribution in [1.82, 2.24) is 19.9 Å². The lowest BCUT2D eigenvalue weighted by Gasteiger charge is -2.02. The van der Waals surface area contributed by atoms with Crippen LogP contribution in [0.5, 0.6) is 0 Å². The highest BCUT2D eigenvalue weighted by Crippen LogP contribution is 2.36. The van der Waals surface area contributed by atoms with E-state index < -0.39 is 0 Å². The third-order valence-corrected chi connectivity index (χ3v) is 8.17. The topological polar surface area (TPSA) is 57.4 Å². The molecule has 0 aromatic carbocycles. The molecule has 0 fully saturated rings. The molecule has 0 spiro atoms. The van der Waals surface area contributed by atoms with Crippen LogP contribution in [0.15, 0.2) is 24.3 Å². The van der Waals surface area contributed by atoms with Gasteiger partial charge in [-0.2, -0.15) is 0 Å². The Hall–Kier alpha value is -3.40. The minimum absolute atomic E-state index is 1.01. The Kier molecular flexibility index (Phi) is 6.23. The van der Waals surface area contributed by atoms with Crippen molar-refractivity contribution in [1.29, 1.82) is 0 Å². The number of fused-ring (bicyclic) bond motifs is 8. The summed E-state index contributed by atoms with van der Waals surface area (Å²) in [5, 5.41) is 0. The third kappa shape index (κ3) is 3.93. The molecule has 0 saturated heterocycles. The minimum Gasteiger partial charge on any atom is -0.355 e. The Balaban J connectivity index is 1.97. The Morgan fingerprint density at radius 3 is 1.69 bits per heavy atom. The number of H-pyrrole nitrogens is 2. The van der Waals surface area contributed by atoms with Gasteiger partial charge in [-0.25, -0.2) is 9.97 Å². The monoisotopic (exact) mass is 478 g/mol. The van der Waals surface area contributed by atoms with E-state index in [1.165, 1.54) is 55.6 Å². The van der Waals surface area contributed by atoms with Crippen LogP contribution in [0.4, 0.5) is 0 Å². The highest BCUT2D eigenvalue weighted by atomic mass is 14.8. The van der Waals surface area contributed by atoms with Crippen LogP contribution in [0.3, 0.4) is 0 Å². The number of aromatic nitrogens is 4. The summed E-state index contributed by atoms with van der Waals surface area (Å²) in [5.74, 6) is 0. The molecule has 8 bridgehead atoms. The smallest absolute Gasteiger partial charge is 0.0693 e. The lowest BCUT2D eigenvalue weighted by molar-refractivity contribution is 0.924. The largest absolute Gasteiger partial charge is 0.355 e. The van der Waals surface area contributed by atoms with Gasteiger partial charge in [0.25, 0.3) is 0 Å². The molecule has 5 rings (SSSR count). The Bertz CT molecular complexity index is 1600. The molecule has 3 aromatic rings. The first kappa shape index (κ1) is 24.3. The zero-order chi connectivity index (χ0) is 25.7. The molecule has 0 atom stereocenters. The maximum absolute atomic E-state index is 5.17. The molecule has 0 aliphatic carbocycles. The van der Waals surface area contributed by atoms with Gasteiger partial charge in [0.2, 0.25) is 0 Å². The molecule has 2 aliphatic heterocycles. The first-order chi connectivity index (χ1) is 17.2. The summed E-state index contributed by atoms with van der Waals surface area (Å²) in [6.45, 7) is 17.7. The van der Waals surface area contributed by atoms with Gasteiger partial charge in [-0.05, 0) is 123 Å². The second-order valence-electron chi connectivity index (χ2n) is 10.5. The van der Waals surface area contributed by atoms with Crippen LogP contribution < -0.4 is 0 Å². The summed E-state index contributed by atoms with van der Waals surface area (Å²) >= 11 is 0. The molecule has 0 radical (unpaired) electrons. The van der Waals surface area contributed by atoms with Crippen LogP contribution in [0.25, 0.3) is 44.4 Å². The number of allylic oxidation sites excluding steroid dienone is 4. The molecule has 4 nitrogen and oxygen atoms in total. The van der Waals surface area contributed by atoms with E-state index in [1.54, 1.807) is 0 Å². The molecule has 3 aromatic heterocycles. The standard InChI is InChI=1S/C32H38N4/c1-9-11-23-21(7)29-14-27-19(5)17(3)25(33-27)13-26-18(4)20(6)28(34-26)15-30-22(8)24(12-10-2)32(36-30)16-31(23)35-29/h13-16,33,35H,9-12H2,1-8H3. The molecule has 2 N–H and O–H groups in total. The molecule has 0 saturated carbocycles. The second kappa shape index (κ2) is 9.24. The van der Waals surface area contributed by atoms with Gasteiger partial charge in [0.1, 0.15) is 0 Å². The van der Waals surface area contributed by atoms with E-state index in [2.05, 4.69) is 89.6 Å².